The number of rotatable bonds is 6. The van der Waals surface area contributed by atoms with Crippen molar-refractivity contribution < 1.29 is 14.0 Å². The summed E-state index contributed by atoms with van der Waals surface area (Å²) in [4.78, 5) is 24.6. The Morgan fingerprint density at radius 3 is 2.60 bits per heavy atom. The van der Waals surface area contributed by atoms with Gasteiger partial charge in [-0.2, -0.15) is 0 Å². The van der Waals surface area contributed by atoms with Crippen molar-refractivity contribution in [3.63, 3.8) is 0 Å². The number of nitrogens with one attached hydrogen (secondary N) is 1. The molecule has 1 unspecified atom stereocenters. The van der Waals surface area contributed by atoms with Gasteiger partial charge in [0.05, 0.1) is 18.3 Å². The van der Waals surface area contributed by atoms with Crippen LogP contribution in [0.25, 0.3) is 0 Å². The van der Waals surface area contributed by atoms with E-state index in [0.29, 0.717) is 12.2 Å². The number of benzene rings is 1. The predicted octanol–water partition coefficient (Wildman–Crippen LogP) is 0.542. The Balaban J connectivity index is 2.73. The van der Waals surface area contributed by atoms with E-state index in [9.17, 15) is 14.0 Å². The molecule has 1 aromatic carbocycles. The maximum absolute atomic E-state index is 13.0. The van der Waals surface area contributed by atoms with Crippen LogP contribution in [-0.2, 0) is 9.59 Å². The first-order valence-electron chi connectivity index (χ1n) is 6.23. The highest BCUT2D eigenvalue weighted by Gasteiger charge is 2.21. The van der Waals surface area contributed by atoms with Crippen molar-refractivity contribution in [2.75, 3.05) is 24.1 Å². The molecule has 1 aromatic rings. The Hall–Kier alpha value is -2.15. The fraction of sp³-hybridized carbons (Fsp3) is 0.385. The molecule has 110 valence electrons. The third-order valence-electron chi connectivity index (χ3n) is 2.96. The second-order valence-corrected chi connectivity index (χ2v) is 4.43. The van der Waals surface area contributed by atoms with Crippen LogP contribution in [0.15, 0.2) is 18.2 Å². The molecule has 0 saturated carbocycles. The maximum Gasteiger partial charge on any atom is 0.241 e. The van der Waals surface area contributed by atoms with Gasteiger partial charge in [-0.25, -0.2) is 4.39 Å². The molecule has 0 aliphatic heterocycles. The van der Waals surface area contributed by atoms with Gasteiger partial charge in [-0.1, -0.05) is 6.92 Å². The van der Waals surface area contributed by atoms with Gasteiger partial charge in [0.15, 0.2) is 0 Å². The second-order valence-electron chi connectivity index (χ2n) is 4.43. The lowest BCUT2D eigenvalue weighted by atomic mass is 10.2. The number of hydrogen-bond donors (Lipinski definition) is 3. The minimum absolute atomic E-state index is 0.00333. The molecule has 5 N–H and O–H groups in total. The minimum atomic E-state index is -0.543. The lowest BCUT2D eigenvalue weighted by Crippen LogP contribution is -2.45. The van der Waals surface area contributed by atoms with E-state index in [0.717, 1.165) is 0 Å². The van der Waals surface area contributed by atoms with Gasteiger partial charge in [0.25, 0.3) is 0 Å². The van der Waals surface area contributed by atoms with Gasteiger partial charge in [0.1, 0.15) is 5.82 Å². The fourth-order valence-electron chi connectivity index (χ4n) is 1.76. The molecule has 0 heterocycles. The van der Waals surface area contributed by atoms with E-state index in [-0.39, 0.29) is 18.1 Å². The largest absolute Gasteiger partial charge is 0.396 e. The zero-order valence-corrected chi connectivity index (χ0v) is 11.5. The number of anilines is 2. The van der Waals surface area contributed by atoms with Crippen molar-refractivity contribution in [2.24, 2.45) is 5.73 Å². The van der Waals surface area contributed by atoms with Crippen LogP contribution in [0.2, 0.25) is 0 Å². The van der Waals surface area contributed by atoms with Crippen molar-refractivity contribution in [3.8, 4) is 0 Å². The zero-order valence-electron chi connectivity index (χ0n) is 11.5. The number of carbonyl (C=O) groups excluding carboxylic acids is 2. The van der Waals surface area contributed by atoms with Gasteiger partial charge >= 0.3 is 0 Å². The lowest BCUT2D eigenvalue weighted by Gasteiger charge is -2.25. The molecule has 0 saturated heterocycles. The Kier molecular flexibility index (Phi) is 5.45. The van der Waals surface area contributed by atoms with E-state index in [1.165, 1.54) is 18.2 Å². The average Bonchev–Trinajstić information content (AvgIpc) is 2.39. The number of hydrogen-bond acceptors (Lipinski definition) is 4. The van der Waals surface area contributed by atoms with E-state index in [2.05, 4.69) is 5.32 Å². The highest BCUT2D eigenvalue weighted by Crippen LogP contribution is 2.16. The lowest BCUT2D eigenvalue weighted by molar-refractivity contribution is -0.123. The van der Waals surface area contributed by atoms with Crippen LogP contribution in [0.4, 0.5) is 15.8 Å². The molecular formula is C13H19FN4O2. The molecule has 0 radical (unpaired) electrons. The summed E-state index contributed by atoms with van der Waals surface area (Å²) in [6.07, 6.45) is 0. The maximum atomic E-state index is 13.0. The normalized spacial score (nSPS) is 12.2. The first kappa shape index (κ1) is 15.9. The standard InChI is InChI=1S/C13H19FN4O2/c1-3-18(7-12(16)19)8(2)13(20)17-9-4-5-10(14)11(15)6-9/h4-6,8H,3,7,15H2,1-2H3,(H2,16,19)(H,17,20). The van der Waals surface area contributed by atoms with Gasteiger partial charge in [-0.3, -0.25) is 14.5 Å². The van der Waals surface area contributed by atoms with Gasteiger partial charge in [-0.05, 0) is 31.7 Å². The third kappa shape index (κ3) is 4.20. The molecule has 1 rings (SSSR count). The highest BCUT2D eigenvalue weighted by atomic mass is 19.1. The van der Waals surface area contributed by atoms with Gasteiger partial charge in [-0.15, -0.1) is 0 Å². The summed E-state index contributed by atoms with van der Waals surface area (Å²) in [7, 11) is 0. The molecule has 0 bridgehead atoms. The van der Waals surface area contributed by atoms with Gasteiger partial charge in [0.2, 0.25) is 11.8 Å². The molecule has 0 spiro atoms. The van der Waals surface area contributed by atoms with Crippen molar-refractivity contribution in [2.45, 2.75) is 19.9 Å². The van der Waals surface area contributed by atoms with E-state index >= 15 is 0 Å². The molecule has 20 heavy (non-hydrogen) atoms. The number of nitrogen functional groups attached to an aromatic ring is 1. The third-order valence-corrected chi connectivity index (χ3v) is 2.96. The van der Waals surface area contributed by atoms with Crippen molar-refractivity contribution >= 4 is 23.2 Å². The Labute approximate surface area is 116 Å². The molecular weight excluding hydrogens is 263 g/mol. The average molecular weight is 282 g/mol. The number of amides is 2. The molecule has 0 aromatic heterocycles. The number of primary amides is 1. The van der Waals surface area contributed by atoms with Crippen LogP contribution < -0.4 is 16.8 Å². The quantitative estimate of drug-likeness (QED) is 0.663. The summed E-state index contributed by atoms with van der Waals surface area (Å²) >= 11 is 0. The van der Waals surface area contributed by atoms with E-state index in [4.69, 9.17) is 11.5 Å². The molecule has 1 atom stereocenters. The summed E-state index contributed by atoms with van der Waals surface area (Å²) in [5, 5.41) is 2.62. The molecule has 2 amide bonds. The summed E-state index contributed by atoms with van der Waals surface area (Å²) in [6.45, 7) is 3.98. The van der Waals surface area contributed by atoms with Gasteiger partial charge < -0.3 is 16.8 Å². The minimum Gasteiger partial charge on any atom is -0.396 e. The van der Waals surface area contributed by atoms with Crippen molar-refractivity contribution in [3.05, 3.63) is 24.0 Å². The predicted molar refractivity (Wildman–Crippen MR) is 75.3 cm³/mol. The van der Waals surface area contributed by atoms with Gasteiger partial charge in [0, 0.05) is 5.69 Å². The van der Waals surface area contributed by atoms with Crippen LogP contribution in [0, 0.1) is 5.82 Å². The van der Waals surface area contributed by atoms with Crippen LogP contribution in [0.1, 0.15) is 13.8 Å². The molecule has 0 fully saturated rings. The van der Waals surface area contributed by atoms with Crippen LogP contribution in [0.5, 0.6) is 0 Å². The summed E-state index contributed by atoms with van der Waals surface area (Å²) in [5.74, 6) is -1.36. The number of nitrogens with zero attached hydrogens (tertiary/aromatic N) is 1. The van der Waals surface area contributed by atoms with E-state index < -0.39 is 17.8 Å². The highest BCUT2D eigenvalue weighted by molar-refractivity contribution is 5.95. The second kappa shape index (κ2) is 6.85. The molecule has 0 aliphatic rings. The number of nitrogens with two attached hydrogens (primary N) is 2. The molecule has 7 heteroatoms. The van der Waals surface area contributed by atoms with E-state index in [1.807, 2.05) is 6.92 Å². The van der Waals surface area contributed by atoms with Crippen LogP contribution >= 0.6 is 0 Å². The summed E-state index contributed by atoms with van der Waals surface area (Å²) < 4.78 is 13.0. The first-order valence-corrected chi connectivity index (χ1v) is 6.23. The molecule has 0 aliphatic carbocycles. The molecule has 6 nitrogen and oxygen atoms in total. The summed E-state index contributed by atoms with van der Waals surface area (Å²) in [6, 6.07) is 3.39. The number of carbonyl (C=O) groups is 2. The van der Waals surface area contributed by atoms with E-state index in [1.54, 1.807) is 11.8 Å². The SMILES string of the molecule is CCN(CC(N)=O)C(C)C(=O)Nc1ccc(F)c(N)c1. The van der Waals surface area contributed by atoms with Crippen molar-refractivity contribution in [1.82, 2.24) is 4.90 Å². The Morgan fingerprint density at radius 2 is 2.10 bits per heavy atom. The first-order chi connectivity index (χ1) is 9.35. The zero-order chi connectivity index (χ0) is 15.3. The fourth-order valence-corrected chi connectivity index (χ4v) is 1.76. The number of likely N-dealkylation sites (N-methyl/N-ethyl adjacent to an activating group) is 1. The summed E-state index contributed by atoms with van der Waals surface area (Å²) in [5.41, 5.74) is 10.9. The smallest absolute Gasteiger partial charge is 0.241 e. The van der Waals surface area contributed by atoms with Crippen LogP contribution in [0.3, 0.4) is 0 Å². The van der Waals surface area contributed by atoms with Crippen molar-refractivity contribution in [1.29, 1.82) is 0 Å². The Bertz CT molecular complexity index is 507. The topological polar surface area (TPSA) is 101 Å². The Morgan fingerprint density at radius 1 is 1.45 bits per heavy atom. The number of halogens is 1. The van der Waals surface area contributed by atoms with Crippen LogP contribution in [-0.4, -0.2) is 35.8 Å². The monoisotopic (exact) mass is 282 g/mol.